The summed E-state index contributed by atoms with van der Waals surface area (Å²) in [4.78, 5) is 46.8. The van der Waals surface area contributed by atoms with E-state index in [1.807, 2.05) is 0 Å². The van der Waals surface area contributed by atoms with Crippen LogP contribution in [0.3, 0.4) is 0 Å². The second-order valence-corrected chi connectivity index (χ2v) is 5.22. The molecule has 0 spiro atoms. The summed E-state index contributed by atoms with van der Waals surface area (Å²) in [6, 6.07) is -0.768. The minimum atomic E-state index is -0.768. The molecule has 0 radical (unpaired) electrons. The van der Waals surface area contributed by atoms with E-state index in [1.165, 1.54) is 12.2 Å². The lowest BCUT2D eigenvalue weighted by Crippen LogP contribution is -2.44. The molecule has 116 valence electrons. The van der Waals surface area contributed by atoms with Crippen molar-refractivity contribution in [2.75, 3.05) is 13.1 Å². The molecular weight excluding hydrogens is 274 g/mol. The van der Waals surface area contributed by atoms with E-state index in [2.05, 4.69) is 5.32 Å². The largest absolute Gasteiger partial charge is 0.353 e. The van der Waals surface area contributed by atoms with Crippen LogP contribution in [0.1, 0.15) is 26.7 Å². The maximum Gasteiger partial charge on any atom is 0.253 e. The Bertz CT molecular complexity index is 453. The van der Waals surface area contributed by atoms with Crippen molar-refractivity contribution < 1.29 is 19.2 Å². The molecule has 3 amide bonds. The minimum absolute atomic E-state index is 0.0672. The van der Waals surface area contributed by atoms with Gasteiger partial charge in [-0.2, -0.15) is 0 Å². The van der Waals surface area contributed by atoms with Crippen molar-refractivity contribution >= 4 is 23.5 Å². The summed E-state index contributed by atoms with van der Waals surface area (Å²) < 4.78 is 0. The lowest BCUT2D eigenvalue weighted by Gasteiger charge is -2.16. The Balaban J connectivity index is 2.25. The van der Waals surface area contributed by atoms with Crippen LogP contribution < -0.4 is 11.1 Å². The summed E-state index contributed by atoms with van der Waals surface area (Å²) in [7, 11) is 0. The van der Waals surface area contributed by atoms with Gasteiger partial charge >= 0.3 is 0 Å². The number of ketones is 1. The van der Waals surface area contributed by atoms with E-state index in [0.29, 0.717) is 0 Å². The van der Waals surface area contributed by atoms with E-state index >= 15 is 0 Å². The van der Waals surface area contributed by atoms with Gasteiger partial charge in [0, 0.05) is 37.6 Å². The Labute approximate surface area is 123 Å². The smallest absolute Gasteiger partial charge is 0.253 e. The average Bonchev–Trinajstić information content (AvgIpc) is 2.75. The summed E-state index contributed by atoms with van der Waals surface area (Å²) >= 11 is 0. The predicted molar refractivity (Wildman–Crippen MR) is 75.9 cm³/mol. The molecule has 7 heteroatoms. The van der Waals surface area contributed by atoms with E-state index in [0.717, 1.165) is 4.90 Å². The predicted octanol–water partition coefficient (Wildman–Crippen LogP) is -0.640. The van der Waals surface area contributed by atoms with Crippen molar-refractivity contribution in [3.63, 3.8) is 0 Å². The molecule has 0 bridgehead atoms. The van der Waals surface area contributed by atoms with Crippen LogP contribution in [0.5, 0.6) is 0 Å². The molecule has 1 unspecified atom stereocenters. The van der Waals surface area contributed by atoms with Crippen LogP contribution in [0.25, 0.3) is 0 Å². The second-order valence-electron chi connectivity index (χ2n) is 5.22. The molecule has 0 saturated heterocycles. The van der Waals surface area contributed by atoms with E-state index in [4.69, 9.17) is 5.73 Å². The first-order valence-electron chi connectivity index (χ1n) is 6.92. The molecule has 1 aliphatic rings. The van der Waals surface area contributed by atoms with Gasteiger partial charge in [0.15, 0.2) is 0 Å². The van der Waals surface area contributed by atoms with Gasteiger partial charge in [-0.3, -0.25) is 24.1 Å². The van der Waals surface area contributed by atoms with Gasteiger partial charge in [-0.1, -0.05) is 13.8 Å². The zero-order valence-electron chi connectivity index (χ0n) is 12.3. The highest BCUT2D eigenvalue weighted by Crippen LogP contribution is 2.04. The number of amides is 3. The molecule has 0 aromatic heterocycles. The monoisotopic (exact) mass is 295 g/mol. The maximum atomic E-state index is 11.7. The zero-order valence-corrected chi connectivity index (χ0v) is 12.3. The van der Waals surface area contributed by atoms with E-state index < -0.39 is 11.9 Å². The number of Topliss-reactive ketones (excluding diaryl/α,β-unsaturated/α-hetero) is 1. The molecular formula is C14H21N3O4. The highest BCUT2D eigenvalue weighted by Gasteiger charge is 2.23. The third-order valence-corrected chi connectivity index (χ3v) is 3.22. The Morgan fingerprint density at radius 3 is 2.33 bits per heavy atom. The van der Waals surface area contributed by atoms with Crippen molar-refractivity contribution in [2.24, 2.45) is 11.7 Å². The van der Waals surface area contributed by atoms with Crippen LogP contribution in [0.2, 0.25) is 0 Å². The lowest BCUT2D eigenvalue weighted by atomic mass is 10.0. The standard InChI is InChI=1S/C14H21N3O4/c1-9(2)11(18)4-3-10(15)14(21)16-7-8-17-12(19)5-6-13(17)20/h5-6,9-10H,3-4,7-8,15H2,1-2H3,(H,16,21). The molecule has 0 fully saturated rings. The van der Waals surface area contributed by atoms with Gasteiger partial charge in [0.1, 0.15) is 5.78 Å². The Morgan fingerprint density at radius 1 is 1.24 bits per heavy atom. The normalized spacial score (nSPS) is 15.7. The molecule has 7 nitrogen and oxygen atoms in total. The minimum Gasteiger partial charge on any atom is -0.353 e. The van der Waals surface area contributed by atoms with Crippen LogP contribution in [0.15, 0.2) is 12.2 Å². The summed E-state index contributed by atoms with van der Waals surface area (Å²) in [5.74, 6) is -1.17. The molecule has 1 aliphatic heterocycles. The van der Waals surface area contributed by atoms with Gasteiger partial charge < -0.3 is 11.1 Å². The first-order valence-corrected chi connectivity index (χ1v) is 6.92. The van der Waals surface area contributed by atoms with Gasteiger partial charge in [-0.15, -0.1) is 0 Å². The van der Waals surface area contributed by atoms with E-state index in [9.17, 15) is 19.2 Å². The number of hydrogen-bond acceptors (Lipinski definition) is 5. The van der Waals surface area contributed by atoms with Crippen molar-refractivity contribution in [3.05, 3.63) is 12.2 Å². The van der Waals surface area contributed by atoms with Crippen molar-refractivity contribution in [1.82, 2.24) is 10.2 Å². The van der Waals surface area contributed by atoms with E-state index in [-0.39, 0.29) is 49.4 Å². The fourth-order valence-electron chi connectivity index (χ4n) is 1.79. The fourth-order valence-corrected chi connectivity index (χ4v) is 1.79. The molecule has 1 rings (SSSR count). The fraction of sp³-hybridized carbons (Fsp3) is 0.571. The first kappa shape index (κ1) is 17.0. The second kappa shape index (κ2) is 7.68. The first-order chi connectivity index (χ1) is 9.82. The highest BCUT2D eigenvalue weighted by molar-refractivity contribution is 6.12. The Kier molecular flexibility index (Phi) is 6.23. The van der Waals surface area contributed by atoms with E-state index in [1.54, 1.807) is 13.8 Å². The number of hydrogen-bond donors (Lipinski definition) is 2. The van der Waals surface area contributed by atoms with Gasteiger partial charge in [0.2, 0.25) is 5.91 Å². The average molecular weight is 295 g/mol. The maximum absolute atomic E-state index is 11.7. The number of imide groups is 1. The lowest BCUT2D eigenvalue weighted by molar-refractivity contribution is -0.137. The van der Waals surface area contributed by atoms with Crippen LogP contribution in [0.4, 0.5) is 0 Å². The summed E-state index contributed by atoms with van der Waals surface area (Å²) in [6.45, 7) is 3.84. The number of nitrogens with two attached hydrogens (primary N) is 1. The molecule has 0 aliphatic carbocycles. The van der Waals surface area contributed by atoms with Crippen LogP contribution in [0, 0.1) is 5.92 Å². The van der Waals surface area contributed by atoms with Gasteiger partial charge in [0.25, 0.3) is 11.8 Å². The summed E-state index contributed by atoms with van der Waals surface area (Å²) in [5.41, 5.74) is 5.69. The number of carbonyl (C=O) groups is 4. The van der Waals surface area contributed by atoms with Crippen LogP contribution >= 0.6 is 0 Å². The topological polar surface area (TPSA) is 110 Å². The quantitative estimate of drug-likeness (QED) is 0.579. The number of carbonyl (C=O) groups excluding carboxylic acids is 4. The molecule has 1 heterocycles. The van der Waals surface area contributed by atoms with Crippen LogP contribution in [-0.2, 0) is 19.2 Å². The van der Waals surface area contributed by atoms with Gasteiger partial charge in [0.05, 0.1) is 6.04 Å². The Hall–Kier alpha value is -2.02. The molecule has 0 aromatic carbocycles. The molecule has 0 aromatic rings. The third-order valence-electron chi connectivity index (χ3n) is 3.22. The summed E-state index contributed by atoms with van der Waals surface area (Å²) in [5, 5.41) is 2.55. The highest BCUT2D eigenvalue weighted by atomic mass is 16.2. The number of rotatable bonds is 8. The Morgan fingerprint density at radius 2 is 1.81 bits per heavy atom. The number of nitrogens with zero attached hydrogens (tertiary/aromatic N) is 1. The number of nitrogens with one attached hydrogen (secondary N) is 1. The third kappa shape index (κ3) is 5.11. The molecule has 0 saturated carbocycles. The van der Waals surface area contributed by atoms with Crippen LogP contribution in [-0.4, -0.2) is 47.5 Å². The van der Waals surface area contributed by atoms with Gasteiger partial charge in [-0.25, -0.2) is 0 Å². The van der Waals surface area contributed by atoms with Gasteiger partial charge in [-0.05, 0) is 6.42 Å². The van der Waals surface area contributed by atoms with Crippen molar-refractivity contribution in [3.8, 4) is 0 Å². The molecule has 1 atom stereocenters. The SMILES string of the molecule is CC(C)C(=O)CCC(N)C(=O)NCCN1C(=O)C=CC1=O. The zero-order chi connectivity index (χ0) is 16.0. The molecule has 3 N–H and O–H groups in total. The van der Waals surface area contributed by atoms with Crippen molar-refractivity contribution in [1.29, 1.82) is 0 Å². The molecule has 21 heavy (non-hydrogen) atoms. The van der Waals surface area contributed by atoms with Crippen molar-refractivity contribution in [2.45, 2.75) is 32.7 Å². The summed E-state index contributed by atoms with van der Waals surface area (Å²) in [6.07, 6.45) is 2.92.